The largest absolute Gasteiger partial charge is 0.489 e. The fraction of sp³-hybridized carbons (Fsp3) is 0. The molecule has 0 bridgehead atoms. The summed E-state index contributed by atoms with van der Waals surface area (Å²) < 4.78 is 0. The minimum atomic E-state index is -1.44. The van der Waals surface area contributed by atoms with Gasteiger partial charge in [0, 0.05) is 5.69 Å². The van der Waals surface area contributed by atoms with E-state index < -0.39 is 7.12 Å². The van der Waals surface area contributed by atoms with Gasteiger partial charge >= 0.3 is 7.12 Å². The summed E-state index contributed by atoms with van der Waals surface area (Å²) in [7, 11) is -1.44. The summed E-state index contributed by atoms with van der Waals surface area (Å²) in [6, 6.07) is 10.7. The molecule has 0 spiro atoms. The third kappa shape index (κ3) is 1.45. The van der Waals surface area contributed by atoms with Crippen LogP contribution < -0.4 is 11.2 Å². The zero-order valence-corrected chi connectivity index (χ0v) is 7.51. The molecule has 0 aromatic heterocycles. The third-order valence-corrected chi connectivity index (χ3v) is 2.22. The number of hydrogen-bond donors (Lipinski definition) is 3. The highest BCUT2D eigenvalue weighted by molar-refractivity contribution is 6.61. The normalized spacial score (nSPS) is 10.4. The van der Waals surface area contributed by atoms with Gasteiger partial charge in [0.05, 0.1) is 0 Å². The number of rotatable bonds is 1. The molecule has 0 atom stereocenters. The van der Waals surface area contributed by atoms with E-state index >= 15 is 0 Å². The van der Waals surface area contributed by atoms with Crippen LogP contribution in [0.3, 0.4) is 0 Å². The Balaban J connectivity index is 2.75. The molecule has 14 heavy (non-hydrogen) atoms. The molecular formula is C10H10BNO2. The van der Waals surface area contributed by atoms with Crippen molar-refractivity contribution in [1.29, 1.82) is 0 Å². The molecule has 0 aliphatic carbocycles. The summed E-state index contributed by atoms with van der Waals surface area (Å²) in [5.41, 5.74) is 6.80. The van der Waals surface area contributed by atoms with Crippen molar-refractivity contribution in [3.05, 3.63) is 36.4 Å². The van der Waals surface area contributed by atoms with Crippen molar-refractivity contribution in [2.24, 2.45) is 0 Å². The van der Waals surface area contributed by atoms with Crippen LogP contribution >= 0.6 is 0 Å². The van der Waals surface area contributed by atoms with Gasteiger partial charge in [0.1, 0.15) is 0 Å². The SMILES string of the molecule is Nc1ccc2c(B(O)O)cccc2c1. The average molecular weight is 187 g/mol. The van der Waals surface area contributed by atoms with E-state index in [1.165, 1.54) is 0 Å². The van der Waals surface area contributed by atoms with E-state index in [0.29, 0.717) is 11.2 Å². The van der Waals surface area contributed by atoms with E-state index in [-0.39, 0.29) is 0 Å². The summed E-state index contributed by atoms with van der Waals surface area (Å²) in [5, 5.41) is 20.0. The summed E-state index contributed by atoms with van der Waals surface area (Å²) >= 11 is 0. The van der Waals surface area contributed by atoms with Gasteiger partial charge in [-0.05, 0) is 28.4 Å². The van der Waals surface area contributed by atoms with Crippen LogP contribution in [-0.2, 0) is 0 Å². The lowest BCUT2D eigenvalue weighted by molar-refractivity contribution is 0.426. The first-order valence-corrected chi connectivity index (χ1v) is 4.33. The standard InChI is InChI=1S/C10H10BNO2/c12-8-4-5-9-7(6-8)2-1-3-10(9)11(13)14/h1-6,13-14H,12H2. The highest BCUT2D eigenvalue weighted by atomic mass is 16.4. The molecule has 2 rings (SSSR count). The Morgan fingerprint density at radius 1 is 1.07 bits per heavy atom. The average Bonchev–Trinajstić information content (AvgIpc) is 2.16. The molecule has 0 saturated heterocycles. The second-order valence-electron chi connectivity index (χ2n) is 3.20. The maximum absolute atomic E-state index is 9.12. The number of anilines is 1. The molecule has 0 aliphatic heterocycles. The predicted molar refractivity (Wildman–Crippen MR) is 58.2 cm³/mol. The van der Waals surface area contributed by atoms with Gasteiger partial charge in [-0.15, -0.1) is 0 Å². The molecule has 0 aliphatic rings. The molecule has 0 unspecified atom stereocenters. The summed E-state index contributed by atoms with van der Waals surface area (Å²) in [4.78, 5) is 0. The summed E-state index contributed by atoms with van der Waals surface area (Å²) in [6.07, 6.45) is 0. The topological polar surface area (TPSA) is 66.5 Å². The Hall–Kier alpha value is -1.52. The van der Waals surface area contributed by atoms with Crippen LogP contribution in [0.5, 0.6) is 0 Å². The van der Waals surface area contributed by atoms with Crippen molar-refractivity contribution < 1.29 is 10.0 Å². The minimum absolute atomic E-state index is 0.502. The number of fused-ring (bicyclic) bond motifs is 1. The molecule has 4 heteroatoms. The van der Waals surface area contributed by atoms with Crippen LogP contribution in [0.25, 0.3) is 10.8 Å². The smallest absolute Gasteiger partial charge is 0.423 e. The van der Waals surface area contributed by atoms with E-state index in [1.54, 1.807) is 30.3 Å². The molecule has 0 radical (unpaired) electrons. The van der Waals surface area contributed by atoms with Crippen LogP contribution in [0.2, 0.25) is 0 Å². The van der Waals surface area contributed by atoms with Crippen LogP contribution in [0.15, 0.2) is 36.4 Å². The first-order chi connectivity index (χ1) is 6.68. The van der Waals surface area contributed by atoms with Gasteiger partial charge < -0.3 is 15.8 Å². The molecule has 4 N–H and O–H groups in total. The van der Waals surface area contributed by atoms with Crippen molar-refractivity contribution in [3.63, 3.8) is 0 Å². The van der Waals surface area contributed by atoms with Crippen LogP contribution in [0.1, 0.15) is 0 Å². The van der Waals surface area contributed by atoms with E-state index in [9.17, 15) is 0 Å². The number of benzene rings is 2. The maximum Gasteiger partial charge on any atom is 0.489 e. The fourth-order valence-electron chi connectivity index (χ4n) is 1.55. The monoisotopic (exact) mass is 187 g/mol. The maximum atomic E-state index is 9.12. The van der Waals surface area contributed by atoms with Gasteiger partial charge in [0.25, 0.3) is 0 Å². The van der Waals surface area contributed by atoms with Gasteiger partial charge in [0.15, 0.2) is 0 Å². The van der Waals surface area contributed by atoms with Crippen molar-refractivity contribution in [3.8, 4) is 0 Å². The van der Waals surface area contributed by atoms with Gasteiger partial charge in [-0.3, -0.25) is 0 Å². The van der Waals surface area contributed by atoms with E-state index in [4.69, 9.17) is 15.8 Å². The molecule has 0 fully saturated rings. The third-order valence-electron chi connectivity index (χ3n) is 2.22. The number of hydrogen-bond acceptors (Lipinski definition) is 3. The Kier molecular flexibility index (Phi) is 2.15. The van der Waals surface area contributed by atoms with E-state index in [0.717, 1.165) is 10.8 Å². The zero-order chi connectivity index (χ0) is 10.1. The van der Waals surface area contributed by atoms with Crippen LogP contribution in [0.4, 0.5) is 5.69 Å². The molecule has 0 heterocycles. The zero-order valence-electron chi connectivity index (χ0n) is 7.51. The lowest BCUT2D eigenvalue weighted by Gasteiger charge is -2.05. The van der Waals surface area contributed by atoms with Gasteiger partial charge in [-0.1, -0.05) is 24.3 Å². The van der Waals surface area contributed by atoms with Gasteiger partial charge in [0.2, 0.25) is 0 Å². The van der Waals surface area contributed by atoms with Crippen molar-refractivity contribution >= 4 is 29.0 Å². The van der Waals surface area contributed by atoms with Crippen LogP contribution in [-0.4, -0.2) is 17.2 Å². The quantitative estimate of drug-likeness (QED) is 0.438. The molecule has 0 saturated carbocycles. The Morgan fingerprint density at radius 2 is 1.86 bits per heavy atom. The second kappa shape index (κ2) is 3.33. The second-order valence-corrected chi connectivity index (χ2v) is 3.20. The minimum Gasteiger partial charge on any atom is -0.423 e. The van der Waals surface area contributed by atoms with Crippen molar-refractivity contribution in [2.45, 2.75) is 0 Å². The molecule has 0 amide bonds. The lowest BCUT2D eigenvalue weighted by Crippen LogP contribution is -2.30. The molecule has 2 aromatic carbocycles. The predicted octanol–water partition coefficient (Wildman–Crippen LogP) is 0.102. The van der Waals surface area contributed by atoms with Crippen molar-refractivity contribution in [1.82, 2.24) is 0 Å². The molecule has 3 nitrogen and oxygen atoms in total. The van der Waals surface area contributed by atoms with Crippen molar-refractivity contribution in [2.75, 3.05) is 5.73 Å². The van der Waals surface area contributed by atoms with E-state index in [2.05, 4.69) is 0 Å². The highest BCUT2D eigenvalue weighted by Crippen LogP contribution is 2.15. The van der Waals surface area contributed by atoms with E-state index in [1.807, 2.05) is 6.07 Å². The molecular weight excluding hydrogens is 177 g/mol. The van der Waals surface area contributed by atoms with Crippen LogP contribution in [0, 0.1) is 0 Å². The molecule has 2 aromatic rings. The Labute approximate surface area is 81.9 Å². The fourth-order valence-corrected chi connectivity index (χ4v) is 1.55. The lowest BCUT2D eigenvalue weighted by atomic mass is 9.77. The summed E-state index contributed by atoms with van der Waals surface area (Å²) in [6.45, 7) is 0. The van der Waals surface area contributed by atoms with Gasteiger partial charge in [-0.2, -0.15) is 0 Å². The Bertz CT molecular complexity index is 471. The Morgan fingerprint density at radius 3 is 2.57 bits per heavy atom. The first-order valence-electron chi connectivity index (χ1n) is 4.33. The molecule has 70 valence electrons. The highest BCUT2D eigenvalue weighted by Gasteiger charge is 2.13. The van der Waals surface area contributed by atoms with Gasteiger partial charge in [-0.25, -0.2) is 0 Å². The summed E-state index contributed by atoms with van der Waals surface area (Å²) in [5.74, 6) is 0. The number of nitrogen functional groups attached to an aromatic ring is 1. The first kappa shape index (κ1) is 9.06. The number of nitrogens with two attached hydrogens (primary N) is 1.